The smallest absolute Gasteiger partial charge is 0.181 e. The van der Waals surface area contributed by atoms with Crippen LogP contribution in [-0.4, -0.2) is 37.8 Å². The highest BCUT2D eigenvalue weighted by Gasteiger charge is 2.21. The molecule has 0 spiro atoms. The minimum absolute atomic E-state index is 0.512. The highest BCUT2D eigenvalue weighted by atomic mass is 32.2. The van der Waals surface area contributed by atoms with Crippen molar-refractivity contribution in [3.05, 3.63) is 12.7 Å². The van der Waals surface area contributed by atoms with Crippen LogP contribution in [0.3, 0.4) is 0 Å². The molecule has 0 aliphatic carbocycles. The van der Waals surface area contributed by atoms with Gasteiger partial charge in [0.05, 0.1) is 6.33 Å². The van der Waals surface area contributed by atoms with Crippen molar-refractivity contribution in [3.8, 4) is 0 Å². The largest absolute Gasteiger partial charge is 0.341 e. The van der Waals surface area contributed by atoms with Crippen LogP contribution in [0.25, 0.3) is 11.2 Å². The fraction of sp³-hybridized carbons (Fsp3) is 0.667. The van der Waals surface area contributed by atoms with Crippen LogP contribution >= 0.6 is 11.8 Å². The minimum atomic E-state index is 0.512. The van der Waals surface area contributed by atoms with Gasteiger partial charge in [0.2, 0.25) is 0 Å². The van der Waals surface area contributed by atoms with Gasteiger partial charge in [0.1, 0.15) is 16.9 Å². The molecule has 0 saturated heterocycles. The van der Waals surface area contributed by atoms with E-state index in [0.717, 1.165) is 29.2 Å². The van der Waals surface area contributed by atoms with E-state index < -0.39 is 0 Å². The maximum absolute atomic E-state index is 4.44. The molecule has 0 saturated carbocycles. The molecule has 0 fully saturated rings. The van der Waals surface area contributed by atoms with Crippen LogP contribution in [0.4, 0.5) is 0 Å². The lowest BCUT2D eigenvalue weighted by Crippen LogP contribution is -2.38. The number of thioether (sulfide) groups is 1. The van der Waals surface area contributed by atoms with Crippen LogP contribution in [0.5, 0.6) is 0 Å². The number of H-pyrrole nitrogens is 1. The van der Waals surface area contributed by atoms with Crippen molar-refractivity contribution < 1.29 is 0 Å². The summed E-state index contributed by atoms with van der Waals surface area (Å²) in [6, 6.07) is 0.526. The summed E-state index contributed by atoms with van der Waals surface area (Å²) in [5.41, 5.74) is 1.70. The molecule has 21 heavy (non-hydrogen) atoms. The first kappa shape index (κ1) is 16.2. The molecule has 2 N–H and O–H groups in total. The Balaban J connectivity index is 2.14. The molecule has 2 aromatic rings. The average Bonchev–Trinajstić information content (AvgIpc) is 2.98. The first-order valence-electron chi connectivity index (χ1n) is 7.84. The van der Waals surface area contributed by atoms with Gasteiger partial charge in [0.15, 0.2) is 5.65 Å². The number of fused-ring (bicyclic) bond motifs is 1. The maximum Gasteiger partial charge on any atom is 0.181 e. The third kappa shape index (κ3) is 4.17. The predicted molar refractivity (Wildman–Crippen MR) is 88.6 cm³/mol. The topological polar surface area (TPSA) is 66.5 Å². The van der Waals surface area contributed by atoms with Crippen molar-refractivity contribution in [2.24, 2.45) is 0 Å². The highest BCUT2D eigenvalue weighted by molar-refractivity contribution is 8.00. The molecule has 0 aromatic carbocycles. The van der Waals surface area contributed by atoms with Crippen LogP contribution in [0.15, 0.2) is 17.7 Å². The summed E-state index contributed by atoms with van der Waals surface area (Å²) < 4.78 is 0. The first-order valence-corrected chi connectivity index (χ1v) is 8.72. The second-order valence-electron chi connectivity index (χ2n) is 5.19. The summed E-state index contributed by atoms with van der Waals surface area (Å²) >= 11 is 1.84. The summed E-state index contributed by atoms with van der Waals surface area (Å²) in [6.45, 7) is 7.78. The van der Waals surface area contributed by atoms with Crippen LogP contribution in [0.2, 0.25) is 0 Å². The van der Waals surface area contributed by atoms with Gasteiger partial charge in [0.25, 0.3) is 0 Å². The first-order chi connectivity index (χ1) is 10.3. The van der Waals surface area contributed by atoms with E-state index in [0.29, 0.717) is 11.3 Å². The van der Waals surface area contributed by atoms with Gasteiger partial charge < -0.3 is 10.3 Å². The van der Waals surface area contributed by atoms with E-state index in [-0.39, 0.29) is 0 Å². The predicted octanol–water partition coefficient (Wildman–Crippen LogP) is 3.39. The number of hydrogen-bond donors (Lipinski definition) is 2. The Hall–Kier alpha value is -1.14. The lowest BCUT2D eigenvalue weighted by Gasteiger charge is -2.26. The zero-order chi connectivity index (χ0) is 15.1. The molecule has 2 unspecified atom stereocenters. The number of nitrogens with zero attached hydrogens (tertiary/aromatic N) is 3. The van der Waals surface area contributed by atoms with E-state index >= 15 is 0 Å². The number of rotatable bonds is 9. The van der Waals surface area contributed by atoms with Crippen molar-refractivity contribution in [2.75, 3.05) is 6.54 Å². The summed E-state index contributed by atoms with van der Waals surface area (Å²) in [4.78, 5) is 16.0. The molecule has 0 radical (unpaired) electrons. The Morgan fingerprint density at radius 2 is 2.05 bits per heavy atom. The normalized spacial score (nSPS) is 14.4. The molecule has 0 amide bonds. The van der Waals surface area contributed by atoms with Gasteiger partial charge in [-0.05, 0) is 25.8 Å². The summed E-state index contributed by atoms with van der Waals surface area (Å²) in [6.07, 6.45) is 7.96. The van der Waals surface area contributed by atoms with E-state index in [2.05, 4.69) is 46.0 Å². The van der Waals surface area contributed by atoms with Crippen molar-refractivity contribution in [1.29, 1.82) is 0 Å². The molecule has 116 valence electrons. The van der Waals surface area contributed by atoms with Gasteiger partial charge in [0, 0.05) is 11.3 Å². The van der Waals surface area contributed by atoms with Gasteiger partial charge >= 0.3 is 0 Å². The Morgan fingerprint density at radius 3 is 2.76 bits per heavy atom. The van der Waals surface area contributed by atoms with Gasteiger partial charge in [-0.1, -0.05) is 39.0 Å². The lowest BCUT2D eigenvalue weighted by atomic mass is 10.1. The Kier molecular flexibility index (Phi) is 6.45. The van der Waals surface area contributed by atoms with Crippen LogP contribution in [0, 0.1) is 0 Å². The number of aromatic amines is 1. The quantitative estimate of drug-likeness (QED) is 0.549. The third-order valence-corrected chi connectivity index (χ3v) is 5.06. The monoisotopic (exact) mass is 307 g/mol. The Labute approximate surface area is 130 Å². The lowest BCUT2D eigenvalue weighted by molar-refractivity contribution is 0.454. The van der Waals surface area contributed by atoms with Gasteiger partial charge in [-0.15, -0.1) is 0 Å². The second kappa shape index (κ2) is 8.34. The molecular weight excluding hydrogens is 282 g/mol. The highest BCUT2D eigenvalue weighted by Crippen LogP contribution is 2.30. The molecule has 6 heteroatoms. The van der Waals surface area contributed by atoms with Gasteiger partial charge in [-0.25, -0.2) is 15.0 Å². The SMILES string of the molecule is CCCNC(CCC)C(CC)Sc1ncnc2nc[nH]c12. The Bertz CT molecular complexity index is 542. The molecule has 0 aliphatic heterocycles. The zero-order valence-electron chi connectivity index (χ0n) is 13.1. The fourth-order valence-electron chi connectivity index (χ4n) is 2.49. The van der Waals surface area contributed by atoms with E-state index in [4.69, 9.17) is 0 Å². The van der Waals surface area contributed by atoms with Crippen molar-refractivity contribution >= 4 is 22.9 Å². The fourth-order valence-corrected chi connectivity index (χ4v) is 3.71. The van der Waals surface area contributed by atoms with Gasteiger partial charge in [-0.2, -0.15) is 0 Å². The zero-order valence-corrected chi connectivity index (χ0v) is 13.9. The molecule has 0 bridgehead atoms. The number of nitrogens with one attached hydrogen (secondary N) is 2. The van der Waals surface area contributed by atoms with E-state index in [1.165, 1.54) is 19.3 Å². The molecule has 2 heterocycles. The van der Waals surface area contributed by atoms with Crippen LogP contribution < -0.4 is 5.32 Å². The molecule has 2 atom stereocenters. The molecule has 2 aromatic heterocycles. The maximum atomic E-state index is 4.44. The summed E-state index contributed by atoms with van der Waals surface area (Å²) in [7, 11) is 0. The van der Waals surface area contributed by atoms with Crippen molar-refractivity contribution in [3.63, 3.8) is 0 Å². The minimum Gasteiger partial charge on any atom is -0.341 e. The standard InChI is InChI=1S/C15H25N5S/c1-4-7-11(16-8-5-2)12(6-3)21-15-13-14(18-9-17-13)19-10-20-15/h9-12,16H,4-8H2,1-3H3,(H,17,18,19,20). The Morgan fingerprint density at radius 1 is 1.19 bits per heavy atom. The molecular formula is C15H25N5S. The number of imidazole rings is 1. The van der Waals surface area contributed by atoms with E-state index in [9.17, 15) is 0 Å². The molecule has 0 aliphatic rings. The van der Waals surface area contributed by atoms with Crippen LogP contribution in [-0.2, 0) is 0 Å². The van der Waals surface area contributed by atoms with Crippen molar-refractivity contribution in [2.45, 2.75) is 62.8 Å². The molecule has 2 rings (SSSR count). The summed E-state index contributed by atoms with van der Waals surface area (Å²) in [5.74, 6) is 0. The van der Waals surface area contributed by atoms with E-state index in [1.807, 2.05) is 11.8 Å². The second-order valence-corrected chi connectivity index (χ2v) is 6.42. The third-order valence-electron chi connectivity index (χ3n) is 3.56. The van der Waals surface area contributed by atoms with E-state index in [1.54, 1.807) is 12.7 Å². The number of aromatic nitrogens is 4. The average molecular weight is 307 g/mol. The molecule has 5 nitrogen and oxygen atoms in total. The van der Waals surface area contributed by atoms with Gasteiger partial charge in [-0.3, -0.25) is 0 Å². The van der Waals surface area contributed by atoms with Crippen LogP contribution in [0.1, 0.15) is 46.5 Å². The summed E-state index contributed by atoms with van der Waals surface area (Å²) in [5, 5.41) is 5.21. The van der Waals surface area contributed by atoms with Crippen molar-refractivity contribution in [1.82, 2.24) is 25.3 Å². The number of hydrogen-bond acceptors (Lipinski definition) is 5.